The zero-order valence-corrected chi connectivity index (χ0v) is 11.5. The highest BCUT2D eigenvalue weighted by Crippen LogP contribution is 2.25. The molecule has 0 saturated heterocycles. The van der Waals surface area contributed by atoms with Crippen molar-refractivity contribution in [2.24, 2.45) is 5.92 Å². The van der Waals surface area contributed by atoms with Crippen molar-refractivity contribution < 1.29 is 9.84 Å². The van der Waals surface area contributed by atoms with E-state index in [1.807, 2.05) is 25.1 Å². The molecule has 1 heterocycles. The summed E-state index contributed by atoms with van der Waals surface area (Å²) in [7, 11) is 0. The molecule has 100 valence electrons. The lowest BCUT2D eigenvalue weighted by atomic mass is 9.92. The van der Waals surface area contributed by atoms with Gasteiger partial charge in [0.2, 0.25) is 0 Å². The highest BCUT2D eigenvalue weighted by Gasteiger charge is 2.28. The number of nitrogens with zero attached hydrogens (tertiary/aromatic N) is 1. The molecular weight excluding hydrogens is 226 g/mol. The Kier molecular flexibility index (Phi) is 3.93. The molecule has 0 aromatic heterocycles. The smallest absolute Gasteiger partial charge is 0.123 e. The van der Waals surface area contributed by atoms with Gasteiger partial charge in [-0.3, -0.25) is 4.90 Å². The Bertz CT molecular complexity index is 401. The number of hydrogen-bond donors (Lipinski definition) is 1. The molecule has 2 rings (SSSR count). The van der Waals surface area contributed by atoms with Crippen molar-refractivity contribution in [2.75, 3.05) is 19.7 Å². The number of β-amino-alcohol motifs (C(OH)–C–C–N with tert-alkyl or cyclic N) is 1. The van der Waals surface area contributed by atoms with Crippen molar-refractivity contribution in [3.05, 3.63) is 29.8 Å². The fourth-order valence-corrected chi connectivity index (χ4v) is 2.15. The lowest BCUT2D eigenvalue weighted by molar-refractivity contribution is -0.0214. The number of rotatable bonds is 3. The monoisotopic (exact) mass is 249 g/mol. The first-order valence-corrected chi connectivity index (χ1v) is 6.64. The van der Waals surface area contributed by atoms with Crippen molar-refractivity contribution in [2.45, 2.75) is 32.9 Å². The second kappa shape index (κ2) is 5.29. The third-order valence-electron chi connectivity index (χ3n) is 3.82. The third kappa shape index (κ3) is 3.03. The third-order valence-corrected chi connectivity index (χ3v) is 3.82. The Balaban J connectivity index is 2.09. The van der Waals surface area contributed by atoms with Crippen molar-refractivity contribution in [3.63, 3.8) is 0 Å². The van der Waals surface area contributed by atoms with Gasteiger partial charge in [0.15, 0.2) is 0 Å². The van der Waals surface area contributed by atoms with E-state index in [0.717, 1.165) is 18.8 Å². The van der Waals surface area contributed by atoms with Gasteiger partial charge in [0.1, 0.15) is 12.4 Å². The first kappa shape index (κ1) is 13.4. The topological polar surface area (TPSA) is 32.7 Å². The molecule has 1 unspecified atom stereocenters. The van der Waals surface area contributed by atoms with E-state index in [1.165, 1.54) is 5.56 Å². The number of para-hydroxylation sites is 1. The van der Waals surface area contributed by atoms with Gasteiger partial charge in [-0.25, -0.2) is 0 Å². The molecule has 0 aliphatic carbocycles. The van der Waals surface area contributed by atoms with E-state index in [2.05, 4.69) is 24.8 Å². The van der Waals surface area contributed by atoms with Crippen LogP contribution in [0.4, 0.5) is 0 Å². The summed E-state index contributed by atoms with van der Waals surface area (Å²) in [6, 6.07) is 8.14. The molecule has 3 heteroatoms. The van der Waals surface area contributed by atoms with E-state index in [-0.39, 0.29) is 5.92 Å². The maximum Gasteiger partial charge on any atom is 0.123 e. The molecule has 1 aromatic rings. The predicted octanol–water partition coefficient (Wildman–Crippen LogP) is 2.29. The Morgan fingerprint density at radius 2 is 2.11 bits per heavy atom. The van der Waals surface area contributed by atoms with Gasteiger partial charge in [-0.1, -0.05) is 32.0 Å². The molecule has 18 heavy (non-hydrogen) atoms. The van der Waals surface area contributed by atoms with Crippen molar-refractivity contribution in [3.8, 4) is 5.75 Å². The molecule has 0 radical (unpaired) electrons. The van der Waals surface area contributed by atoms with E-state index >= 15 is 0 Å². The predicted molar refractivity (Wildman–Crippen MR) is 72.7 cm³/mol. The van der Waals surface area contributed by atoms with Gasteiger partial charge >= 0.3 is 0 Å². The summed E-state index contributed by atoms with van der Waals surface area (Å²) < 4.78 is 5.73. The van der Waals surface area contributed by atoms with Gasteiger partial charge in [-0.05, 0) is 18.9 Å². The van der Waals surface area contributed by atoms with Gasteiger partial charge in [-0.15, -0.1) is 0 Å². The second-order valence-corrected chi connectivity index (χ2v) is 5.68. The molecule has 0 bridgehead atoms. The Morgan fingerprint density at radius 1 is 1.39 bits per heavy atom. The van der Waals surface area contributed by atoms with Crippen LogP contribution in [0.25, 0.3) is 0 Å². The highest BCUT2D eigenvalue weighted by molar-refractivity contribution is 5.33. The molecule has 0 saturated carbocycles. The standard InChI is InChI=1S/C15H23NO2/c1-12(2)15(3,17)11-16-8-9-18-14-7-5-4-6-13(14)10-16/h4-7,12,17H,8-11H2,1-3H3. The van der Waals surface area contributed by atoms with Crippen LogP contribution in [0.2, 0.25) is 0 Å². The van der Waals surface area contributed by atoms with Crippen molar-refractivity contribution in [1.29, 1.82) is 0 Å². The van der Waals surface area contributed by atoms with Crippen LogP contribution in [0.5, 0.6) is 5.75 Å². The average Bonchev–Trinajstić information content (AvgIpc) is 2.49. The lowest BCUT2D eigenvalue weighted by Gasteiger charge is -2.33. The zero-order valence-electron chi connectivity index (χ0n) is 11.5. The van der Waals surface area contributed by atoms with E-state index in [4.69, 9.17) is 4.74 Å². The Morgan fingerprint density at radius 3 is 2.83 bits per heavy atom. The first-order valence-electron chi connectivity index (χ1n) is 6.64. The van der Waals surface area contributed by atoms with E-state index in [9.17, 15) is 5.11 Å². The molecule has 1 aromatic carbocycles. The van der Waals surface area contributed by atoms with Crippen molar-refractivity contribution in [1.82, 2.24) is 4.90 Å². The Hall–Kier alpha value is -1.06. The van der Waals surface area contributed by atoms with Gasteiger partial charge in [0.05, 0.1) is 5.60 Å². The summed E-state index contributed by atoms with van der Waals surface area (Å²) in [5.74, 6) is 1.22. The summed E-state index contributed by atoms with van der Waals surface area (Å²) in [5, 5.41) is 10.4. The quantitative estimate of drug-likeness (QED) is 0.892. The SMILES string of the molecule is CC(C)C(C)(O)CN1CCOc2ccccc2C1. The zero-order chi connectivity index (χ0) is 13.2. The van der Waals surface area contributed by atoms with Gasteiger partial charge in [0, 0.05) is 25.2 Å². The van der Waals surface area contributed by atoms with Crippen LogP contribution in [-0.4, -0.2) is 35.3 Å². The van der Waals surface area contributed by atoms with Crippen molar-refractivity contribution >= 4 is 0 Å². The number of aliphatic hydroxyl groups is 1. The van der Waals surface area contributed by atoms with Gasteiger partial charge < -0.3 is 9.84 Å². The first-order chi connectivity index (χ1) is 8.49. The summed E-state index contributed by atoms with van der Waals surface area (Å²) in [4.78, 5) is 2.27. The lowest BCUT2D eigenvalue weighted by Crippen LogP contribution is -2.44. The fraction of sp³-hybridized carbons (Fsp3) is 0.600. The summed E-state index contributed by atoms with van der Waals surface area (Å²) in [6.45, 7) is 9.10. The Labute approximate surface area is 109 Å². The molecule has 1 aliphatic heterocycles. The van der Waals surface area contributed by atoms with Crippen LogP contribution in [0, 0.1) is 5.92 Å². The molecule has 1 atom stereocenters. The maximum atomic E-state index is 10.4. The summed E-state index contributed by atoms with van der Waals surface area (Å²) in [6.07, 6.45) is 0. The number of hydrogen-bond acceptors (Lipinski definition) is 3. The van der Waals surface area contributed by atoms with Crippen LogP contribution in [0.3, 0.4) is 0 Å². The van der Waals surface area contributed by atoms with E-state index in [0.29, 0.717) is 13.2 Å². The molecular formula is C15H23NO2. The molecule has 0 amide bonds. The van der Waals surface area contributed by atoms with Crippen LogP contribution >= 0.6 is 0 Å². The normalized spacial score (nSPS) is 19.8. The summed E-state index contributed by atoms with van der Waals surface area (Å²) in [5.41, 5.74) is 0.550. The largest absolute Gasteiger partial charge is 0.492 e. The minimum absolute atomic E-state index is 0.247. The number of benzene rings is 1. The van der Waals surface area contributed by atoms with Crippen LogP contribution in [-0.2, 0) is 6.54 Å². The fourth-order valence-electron chi connectivity index (χ4n) is 2.15. The molecule has 1 N–H and O–H groups in total. The maximum absolute atomic E-state index is 10.4. The van der Waals surface area contributed by atoms with Gasteiger partial charge in [-0.2, -0.15) is 0 Å². The molecule has 3 nitrogen and oxygen atoms in total. The van der Waals surface area contributed by atoms with Crippen LogP contribution in [0.15, 0.2) is 24.3 Å². The van der Waals surface area contributed by atoms with Crippen LogP contribution < -0.4 is 4.74 Å². The minimum Gasteiger partial charge on any atom is -0.492 e. The number of fused-ring (bicyclic) bond motifs is 1. The average molecular weight is 249 g/mol. The second-order valence-electron chi connectivity index (χ2n) is 5.68. The minimum atomic E-state index is -0.653. The van der Waals surface area contributed by atoms with E-state index < -0.39 is 5.60 Å². The number of ether oxygens (including phenoxy) is 1. The molecule has 0 fully saturated rings. The van der Waals surface area contributed by atoms with Crippen LogP contribution in [0.1, 0.15) is 26.3 Å². The molecule has 1 aliphatic rings. The molecule has 0 spiro atoms. The van der Waals surface area contributed by atoms with Gasteiger partial charge in [0.25, 0.3) is 0 Å². The summed E-state index contributed by atoms with van der Waals surface area (Å²) >= 11 is 0. The highest BCUT2D eigenvalue weighted by atomic mass is 16.5. The van der Waals surface area contributed by atoms with E-state index in [1.54, 1.807) is 0 Å².